The SMILES string of the molecule is CC(OC(=O)CCCOc1ccc(Cl)cc1Cl)C(=O)NC(N)=O. The third-order valence-corrected chi connectivity index (χ3v) is 3.13. The van der Waals surface area contributed by atoms with Crippen LogP contribution in [0.15, 0.2) is 18.2 Å². The quantitative estimate of drug-likeness (QED) is 0.571. The van der Waals surface area contributed by atoms with Gasteiger partial charge in [-0.2, -0.15) is 0 Å². The first-order valence-corrected chi connectivity index (χ1v) is 7.43. The highest BCUT2D eigenvalue weighted by Gasteiger charge is 2.18. The zero-order valence-corrected chi connectivity index (χ0v) is 13.8. The maximum atomic E-state index is 11.5. The molecule has 0 fully saturated rings. The number of hydrogen-bond donors (Lipinski definition) is 2. The molecule has 1 atom stereocenters. The van der Waals surface area contributed by atoms with Crippen LogP contribution in [0.3, 0.4) is 0 Å². The molecule has 0 aliphatic rings. The number of rotatable bonds is 7. The second kappa shape index (κ2) is 9.22. The van der Waals surface area contributed by atoms with Gasteiger partial charge in [-0.15, -0.1) is 0 Å². The minimum absolute atomic E-state index is 0.0411. The molecule has 1 unspecified atom stereocenters. The van der Waals surface area contributed by atoms with E-state index in [9.17, 15) is 14.4 Å². The number of nitrogens with two attached hydrogens (primary N) is 1. The number of amides is 3. The second-order valence-corrected chi connectivity index (χ2v) is 5.36. The molecule has 23 heavy (non-hydrogen) atoms. The van der Waals surface area contributed by atoms with E-state index in [0.29, 0.717) is 22.2 Å². The van der Waals surface area contributed by atoms with Gasteiger partial charge in [-0.05, 0) is 31.5 Å². The monoisotopic (exact) mass is 362 g/mol. The van der Waals surface area contributed by atoms with E-state index in [1.807, 2.05) is 5.32 Å². The second-order valence-electron chi connectivity index (χ2n) is 4.51. The number of nitrogens with one attached hydrogen (secondary N) is 1. The Balaban J connectivity index is 2.28. The van der Waals surface area contributed by atoms with Crippen molar-refractivity contribution in [2.75, 3.05) is 6.61 Å². The summed E-state index contributed by atoms with van der Waals surface area (Å²) in [6, 6.07) is 3.80. The largest absolute Gasteiger partial charge is 0.492 e. The number of urea groups is 1. The summed E-state index contributed by atoms with van der Waals surface area (Å²) in [5, 5.41) is 2.69. The van der Waals surface area contributed by atoms with Crippen molar-refractivity contribution >= 4 is 41.1 Å². The first-order chi connectivity index (χ1) is 10.8. The van der Waals surface area contributed by atoms with Gasteiger partial charge in [-0.3, -0.25) is 14.9 Å². The summed E-state index contributed by atoms with van der Waals surface area (Å²) >= 11 is 11.7. The van der Waals surface area contributed by atoms with Gasteiger partial charge in [0.2, 0.25) is 0 Å². The lowest BCUT2D eigenvalue weighted by Crippen LogP contribution is -2.42. The number of carbonyl (C=O) groups is 3. The lowest BCUT2D eigenvalue weighted by Gasteiger charge is -2.12. The van der Waals surface area contributed by atoms with E-state index in [4.69, 9.17) is 38.4 Å². The Hall–Kier alpha value is -1.99. The van der Waals surface area contributed by atoms with E-state index in [1.165, 1.54) is 6.92 Å². The lowest BCUT2D eigenvalue weighted by molar-refractivity contribution is -0.154. The molecule has 0 aliphatic heterocycles. The Morgan fingerprint density at radius 2 is 2.00 bits per heavy atom. The van der Waals surface area contributed by atoms with Gasteiger partial charge in [-0.25, -0.2) is 4.79 Å². The molecule has 0 radical (unpaired) electrons. The Kier molecular flexibility index (Phi) is 7.64. The summed E-state index contributed by atoms with van der Waals surface area (Å²) < 4.78 is 10.3. The topological polar surface area (TPSA) is 108 Å². The van der Waals surface area contributed by atoms with Gasteiger partial charge in [0, 0.05) is 11.4 Å². The molecule has 7 nitrogen and oxygen atoms in total. The Bertz CT molecular complexity index is 595. The Labute approximate surface area is 143 Å². The van der Waals surface area contributed by atoms with Crippen LogP contribution in [0.2, 0.25) is 10.0 Å². The first kappa shape index (κ1) is 19.1. The molecular formula is C14H16Cl2N2O5. The molecule has 0 bridgehead atoms. The van der Waals surface area contributed by atoms with Crippen LogP contribution in [0, 0.1) is 0 Å². The third-order valence-electron chi connectivity index (χ3n) is 2.60. The van der Waals surface area contributed by atoms with Crippen LogP contribution in [-0.4, -0.2) is 30.6 Å². The van der Waals surface area contributed by atoms with Crippen LogP contribution in [-0.2, 0) is 14.3 Å². The van der Waals surface area contributed by atoms with E-state index in [2.05, 4.69) is 0 Å². The summed E-state index contributed by atoms with van der Waals surface area (Å²) in [4.78, 5) is 33.4. The Morgan fingerprint density at radius 1 is 1.30 bits per heavy atom. The molecule has 9 heteroatoms. The van der Waals surface area contributed by atoms with Gasteiger partial charge in [0.25, 0.3) is 5.91 Å². The third kappa shape index (κ3) is 7.21. The molecule has 1 aromatic carbocycles. The van der Waals surface area contributed by atoms with Crippen molar-refractivity contribution in [1.82, 2.24) is 5.32 Å². The summed E-state index contributed by atoms with van der Waals surface area (Å²) in [5.74, 6) is -0.920. The summed E-state index contributed by atoms with van der Waals surface area (Å²) in [5.41, 5.74) is 4.79. The van der Waals surface area contributed by atoms with Crippen LogP contribution in [0.1, 0.15) is 19.8 Å². The highest BCUT2D eigenvalue weighted by atomic mass is 35.5. The van der Waals surface area contributed by atoms with Crippen molar-refractivity contribution in [3.63, 3.8) is 0 Å². The smallest absolute Gasteiger partial charge is 0.318 e. The van der Waals surface area contributed by atoms with E-state index >= 15 is 0 Å². The molecule has 0 heterocycles. The number of primary amides is 1. The van der Waals surface area contributed by atoms with Gasteiger partial charge in [-0.1, -0.05) is 23.2 Å². The number of ether oxygens (including phenoxy) is 2. The predicted molar refractivity (Wildman–Crippen MR) is 84.5 cm³/mol. The number of imide groups is 1. The Morgan fingerprint density at radius 3 is 2.61 bits per heavy atom. The molecule has 1 aromatic rings. The number of hydrogen-bond acceptors (Lipinski definition) is 5. The van der Waals surface area contributed by atoms with Gasteiger partial charge in [0.1, 0.15) is 5.75 Å². The summed E-state index contributed by atoms with van der Waals surface area (Å²) in [6.45, 7) is 1.57. The summed E-state index contributed by atoms with van der Waals surface area (Å²) in [7, 11) is 0. The van der Waals surface area contributed by atoms with Gasteiger partial charge in [0.15, 0.2) is 6.10 Å². The fraction of sp³-hybridized carbons (Fsp3) is 0.357. The molecule has 1 rings (SSSR count). The van der Waals surface area contributed by atoms with E-state index < -0.39 is 24.0 Å². The maximum Gasteiger partial charge on any atom is 0.318 e. The number of halogens is 2. The predicted octanol–water partition coefficient (Wildman–Crippen LogP) is 2.28. The molecule has 3 N–H and O–H groups in total. The van der Waals surface area contributed by atoms with Crippen molar-refractivity contribution in [3.05, 3.63) is 28.2 Å². The standard InChI is InChI=1S/C14H16Cl2N2O5/c1-8(13(20)18-14(17)21)23-12(19)3-2-6-22-11-5-4-9(15)7-10(11)16/h4-5,7-8H,2-3,6H2,1H3,(H3,17,18,20,21). The van der Waals surface area contributed by atoms with Crippen LogP contribution < -0.4 is 15.8 Å². The fourth-order valence-corrected chi connectivity index (χ4v) is 1.99. The van der Waals surface area contributed by atoms with Crippen molar-refractivity contribution < 1.29 is 23.9 Å². The minimum Gasteiger partial charge on any atom is -0.492 e. The van der Waals surface area contributed by atoms with Crippen molar-refractivity contribution in [2.24, 2.45) is 5.73 Å². The highest BCUT2D eigenvalue weighted by Crippen LogP contribution is 2.27. The zero-order valence-electron chi connectivity index (χ0n) is 12.3. The number of benzene rings is 1. The van der Waals surface area contributed by atoms with E-state index in [-0.39, 0.29) is 13.0 Å². The van der Waals surface area contributed by atoms with Crippen molar-refractivity contribution in [3.8, 4) is 5.75 Å². The number of esters is 1. The molecule has 0 saturated carbocycles. The van der Waals surface area contributed by atoms with Crippen LogP contribution in [0.4, 0.5) is 4.79 Å². The molecular weight excluding hydrogens is 347 g/mol. The molecule has 0 aromatic heterocycles. The van der Waals surface area contributed by atoms with E-state index in [0.717, 1.165) is 0 Å². The molecule has 0 spiro atoms. The molecule has 0 saturated heterocycles. The van der Waals surface area contributed by atoms with Crippen LogP contribution >= 0.6 is 23.2 Å². The highest BCUT2D eigenvalue weighted by molar-refractivity contribution is 6.35. The first-order valence-electron chi connectivity index (χ1n) is 6.67. The molecule has 126 valence electrons. The van der Waals surface area contributed by atoms with Crippen molar-refractivity contribution in [2.45, 2.75) is 25.9 Å². The maximum absolute atomic E-state index is 11.5. The average Bonchev–Trinajstić information content (AvgIpc) is 2.44. The molecule has 0 aliphatic carbocycles. The van der Waals surface area contributed by atoms with Gasteiger partial charge < -0.3 is 15.2 Å². The fourth-order valence-electron chi connectivity index (χ4n) is 1.52. The van der Waals surface area contributed by atoms with Crippen LogP contribution in [0.25, 0.3) is 0 Å². The lowest BCUT2D eigenvalue weighted by atomic mass is 10.3. The average molecular weight is 363 g/mol. The van der Waals surface area contributed by atoms with Gasteiger partial charge in [0.05, 0.1) is 11.6 Å². The summed E-state index contributed by atoms with van der Waals surface area (Å²) in [6.07, 6.45) is -0.705. The number of carbonyl (C=O) groups excluding carboxylic acids is 3. The van der Waals surface area contributed by atoms with Gasteiger partial charge >= 0.3 is 12.0 Å². The van der Waals surface area contributed by atoms with Crippen LogP contribution in [0.5, 0.6) is 5.75 Å². The minimum atomic E-state index is -1.11. The van der Waals surface area contributed by atoms with E-state index in [1.54, 1.807) is 18.2 Å². The zero-order chi connectivity index (χ0) is 17.4. The molecule has 3 amide bonds. The van der Waals surface area contributed by atoms with Crippen molar-refractivity contribution in [1.29, 1.82) is 0 Å². The normalized spacial score (nSPS) is 11.4.